The van der Waals surface area contributed by atoms with Crippen LogP contribution in [-0.4, -0.2) is 17.0 Å². The van der Waals surface area contributed by atoms with Crippen molar-refractivity contribution in [2.75, 3.05) is 21.3 Å². The lowest BCUT2D eigenvalue weighted by atomic mass is 10.2. The van der Waals surface area contributed by atoms with Gasteiger partial charge in [-0.2, -0.15) is 0 Å². The molecule has 30 heavy (non-hydrogen) atoms. The van der Waals surface area contributed by atoms with E-state index in [4.69, 9.17) is 0 Å². The molecule has 0 aliphatic heterocycles. The van der Waals surface area contributed by atoms with Gasteiger partial charge in [0.2, 0.25) is 0 Å². The zero-order chi connectivity index (χ0) is 21.7. The third-order valence-corrected chi connectivity index (χ3v) is 5.53. The third kappa shape index (κ3) is 5.58. The molecule has 0 unspecified atom stereocenters. The number of para-hydroxylation sites is 2. The van der Waals surface area contributed by atoms with Crippen molar-refractivity contribution in [1.29, 1.82) is 0 Å². The van der Waals surface area contributed by atoms with Gasteiger partial charge < -0.3 is 21.3 Å². The average Bonchev–Trinajstić information content (AvgIpc) is 2.69. The van der Waals surface area contributed by atoms with Gasteiger partial charge in [0.05, 0.1) is 34.1 Å². The Balaban J connectivity index is 1.72. The number of nitrogens with zero attached hydrogens (tertiary/aromatic N) is 1. The van der Waals surface area contributed by atoms with Crippen molar-refractivity contribution < 1.29 is 9.59 Å². The Morgan fingerprint density at radius 3 is 1.43 bits per heavy atom. The Kier molecular flexibility index (Phi) is 7.07. The molecule has 0 saturated heterocycles. The van der Waals surface area contributed by atoms with Gasteiger partial charge in [0.15, 0.2) is 0 Å². The molecule has 1 heterocycles. The molecule has 0 bridgehead atoms. The van der Waals surface area contributed by atoms with Crippen LogP contribution >= 0.6 is 31.9 Å². The molecule has 4 N–H and O–H groups in total. The number of hydrogen-bond acceptors (Lipinski definition) is 3. The lowest BCUT2D eigenvalue weighted by Crippen LogP contribution is -2.22. The van der Waals surface area contributed by atoms with Crippen LogP contribution in [0.2, 0.25) is 0 Å². The number of urea groups is 2. The normalized spacial score (nSPS) is 10.3. The van der Waals surface area contributed by atoms with Crippen LogP contribution < -0.4 is 21.3 Å². The lowest BCUT2D eigenvalue weighted by Gasteiger charge is -2.15. The van der Waals surface area contributed by atoms with E-state index >= 15 is 0 Å². The van der Waals surface area contributed by atoms with Crippen molar-refractivity contribution >= 4 is 66.7 Å². The van der Waals surface area contributed by atoms with Gasteiger partial charge in [-0.05, 0) is 76.0 Å². The average molecular weight is 533 g/mol. The van der Waals surface area contributed by atoms with E-state index in [1.54, 1.807) is 32.0 Å². The van der Waals surface area contributed by atoms with Crippen molar-refractivity contribution in [2.24, 2.45) is 0 Å². The second-order valence-electron chi connectivity index (χ2n) is 6.37. The topological polar surface area (TPSA) is 95.2 Å². The minimum Gasteiger partial charge on any atom is -0.307 e. The highest BCUT2D eigenvalue weighted by Crippen LogP contribution is 2.25. The lowest BCUT2D eigenvalue weighted by molar-refractivity contribution is 0.261. The number of halogens is 2. The molecular weight excluding hydrogens is 514 g/mol. The molecule has 0 fully saturated rings. The summed E-state index contributed by atoms with van der Waals surface area (Å²) in [5.74, 6) is 0. The number of benzene rings is 2. The predicted octanol–water partition coefficient (Wildman–Crippen LogP) is 6.51. The summed E-state index contributed by atoms with van der Waals surface area (Å²) in [5, 5.41) is 11.1. The van der Waals surface area contributed by atoms with E-state index in [2.05, 4.69) is 58.1 Å². The number of aryl methyl sites for hydroxylation is 2. The van der Waals surface area contributed by atoms with Crippen LogP contribution in [0.5, 0.6) is 0 Å². The van der Waals surface area contributed by atoms with Gasteiger partial charge in [-0.15, -0.1) is 0 Å². The number of nitrogens with one attached hydrogen (secondary N) is 4. The maximum Gasteiger partial charge on any atom is 0.323 e. The summed E-state index contributed by atoms with van der Waals surface area (Å²) < 4.78 is 1.54. The Hall–Kier alpha value is -2.91. The van der Waals surface area contributed by atoms with E-state index in [0.29, 0.717) is 34.1 Å². The van der Waals surface area contributed by atoms with Crippen LogP contribution in [0, 0.1) is 13.8 Å². The van der Waals surface area contributed by atoms with Crippen LogP contribution in [0.4, 0.5) is 32.3 Å². The standard InChI is InChI=1S/C21H19Br2N5O2/c1-12-18(27-20(29)25-16-9-5-3-7-14(16)22)11-19(13(2)24-12)28-21(30)26-17-10-6-4-8-15(17)23/h3-11H,1-2H3,(H2,25,27,29)(H2,26,28,30). The zero-order valence-electron chi connectivity index (χ0n) is 16.2. The van der Waals surface area contributed by atoms with Crippen molar-refractivity contribution in [2.45, 2.75) is 13.8 Å². The molecular formula is C21H19Br2N5O2. The summed E-state index contributed by atoms with van der Waals surface area (Å²) in [4.78, 5) is 29.2. The first kappa shape index (κ1) is 21.8. The van der Waals surface area contributed by atoms with Crippen molar-refractivity contribution in [3.8, 4) is 0 Å². The third-order valence-electron chi connectivity index (χ3n) is 4.14. The summed E-state index contributed by atoms with van der Waals surface area (Å²) in [6, 6.07) is 15.4. The molecule has 0 saturated carbocycles. The van der Waals surface area contributed by atoms with Gasteiger partial charge in [-0.3, -0.25) is 4.98 Å². The van der Waals surface area contributed by atoms with Crippen LogP contribution in [0.3, 0.4) is 0 Å². The Bertz CT molecular complexity index is 1020. The van der Waals surface area contributed by atoms with E-state index < -0.39 is 12.1 Å². The molecule has 3 rings (SSSR count). The van der Waals surface area contributed by atoms with Crippen molar-refractivity contribution in [3.63, 3.8) is 0 Å². The van der Waals surface area contributed by atoms with E-state index in [-0.39, 0.29) is 0 Å². The van der Waals surface area contributed by atoms with Gasteiger partial charge >= 0.3 is 12.1 Å². The van der Waals surface area contributed by atoms with E-state index in [9.17, 15) is 9.59 Å². The van der Waals surface area contributed by atoms with Crippen LogP contribution in [0.25, 0.3) is 0 Å². The highest BCUT2D eigenvalue weighted by molar-refractivity contribution is 9.11. The molecule has 0 aliphatic carbocycles. The number of rotatable bonds is 4. The molecule has 3 aromatic rings. The summed E-state index contributed by atoms with van der Waals surface area (Å²) >= 11 is 6.79. The van der Waals surface area contributed by atoms with E-state index in [0.717, 1.165) is 8.95 Å². The summed E-state index contributed by atoms with van der Waals surface area (Å²) in [6.07, 6.45) is 0. The summed E-state index contributed by atoms with van der Waals surface area (Å²) in [6.45, 7) is 3.57. The Labute approximate surface area is 190 Å². The van der Waals surface area contributed by atoms with Gasteiger partial charge in [-0.1, -0.05) is 24.3 Å². The van der Waals surface area contributed by atoms with Crippen LogP contribution in [0.15, 0.2) is 63.5 Å². The number of amides is 4. The van der Waals surface area contributed by atoms with Crippen LogP contribution in [0.1, 0.15) is 11.4 Å². The number of carbonyl (C=O) groups is 2. The summed E-state index contributed by atoms with van der Waals surface area (Å²) in [5.41, 5.74) is 3.51. The number of hydrogen-bond donors (Lipinski definition) is 4. The smallest absolute Gasteiger partial charge is 0.307 e. The molecule has 0 spiro atoms. The van der Waals surface area contributed by atoms with E-state index in [1.165, 1.54) is 0 Å². The predicted molar refractivity (Wildman–Crippen MR) is 127 cm³/mol. The highest BCUT2D eigenvalue weighted by atomic mass is 79.9. The number of carbonyl (C=O) groups excluding carboxylic acids is 2. The molecule has 0 atom stereocenters. The SMILES string of the molecule is Cc1nc(C)c(NC(=O)Nc2ccccc2Br)cc1NC(=O)Nc1ccccc1Br. The summed E-state index contributed by atoms with van der Waals surface area (Å²) in [7, 11) is 0. The molecule has 7 nitrogen and oxygen atoms in total. The molecule has 154 valence electrons. The minimum atomic E-state index is -0.417. The number of anilines is 4. The molecule has 1 aromatic heterocycles. The molecule has 0 aliphatic rings. The molecule has 0 radical (unpaired) electrons. The fraction of sp³-hybridized carbons (Fsp3) is 0.0952. The highest BCUT2D eigenvalue weighted by Gasteiger charge is 2.13. The first-order chi connectivity index (χ1) is 14.3. The van der Waals surface area contributed by atoms with Gasteiger partial charge in [0.1, 0.15) is 0 Å². The van der Waals surface area contributed by atoms with Crippen LogP contribution in [-0.2, 0) is 0 Å². The fourth-order valence-electron chi connectivity index (χ4n) is 2.66. The maximum absolute atomic E-state index is 12.4. The second-order valence-corrected chi connectivity index (χ2v) is 8.08. The molecule has 9 heteroatoms. The van der Waals surface area contributed by atoms with Gasteiger partial charge in [0, 0.05) is 8.95 Å². The minimum absolute atomic E-state index is 0.417. The monoisotopic (exact) mass is 531 g/mol. The largest absolute Gasteiger partial charge is 0.323 e. The van der Waals surface area contributed by atoms with Crippen molar-refractivity contribution in [1.82, 2.24) is 4.98 Å². The number of pyridine rings is 1. The first-order valence-electron chi connectivity index (χ1n) is 8.97. The van der Waals surface area contributed by atoms with Crippen molar-refractivity contribution in [3.05, 3.63) is 74.9 Å². The fourth-order valence-corrected chi connectivity index (χ4v) is 3.42. The quantitative estimate of drug-likeness (QED) is 0.308. The maximum atomic E-state index is 12.4. The van der Waals surface area contributed by atoms with E-state index in [1.807, 2.05) is 36.4 Å². The Morgan fingerprint density at radius 1 is 0.667 bits per heavy atom. The zero-order valence-corrected chi connectivity index (χ0v) is 19.4. The first-order valence-corrected chi connectivity index (χ1v) is 10.6. The second kappa shape index (κ2) is 9.73. The molecule has 4 amide bonds. The van der Waals surface area contributed by atoms with Gasteiger partial charge in [0.25, 0.3) is 0 Å². The Morgan fingerprint density at radius 2 is 1.03 bits per heavy atom. The number of aromatic nitrogens is 1. The van der Waals surface area contributed by atoms with Gasteiger partial charge in [-0.25, -0.2) is 9.59 Å². The molecule has 2 aromatic carbocycles.